The number of benzene rings is 1. The monoisotopic (exact) mass is 294 g/mol. The molecule has 1 fully saturated rings. The number of nitrogen functional groups attached to an aromatic ring is 1. The zero-order valence-corrected chi connectivity index (χ0v) is 12.6. The molecule has 1 aliphatic rings. The smallest absolute Gasteiger partial charge is 0.147 e. The summed E-state index contributed by atoms with van der Waals surface area (Å²) in [5.74, 6) is -0.478. The van der Waals surface area contributed by atoms with Gasteiger partial charge in [0.25, 0.3) is 0 Å². The molecule has 0 unspecified atom stereocenters. The largest absolute Gasteiger partial charge is 0.389 e. The highest BCUT2D eigenvalue weighted by Crippen LogP contribution is 2.22. The van der Waals surface area contributed by atoms with Gasteiger partial charge in [-0.1, -0.05) is 0 Å². The van der Waals surface area contributed by atoms with Crippen LogP contribution in [0.1, 0.15) is 19.4 Å². The van der Waals surface area contributed by atoms with E-state index in [1.165, 1.54) is 6.07 Å². The van der Waals surface area contributed by atoms with Crippen LogP contribution in [-0.2, 0) is 0 Å². The Morgan fingerprint density at radius 2 is 1.95 bits per heavy atom. The summed E-state index contributed by atoms with van der Waals surface area (Å²) in [5, 5.41) is 17.2. The maximum Gasteiger partial charge on any atom is 0.147 e. The number of piperazine rings is 1. The van der Waals surface area contributed by atoms with E-state index in [1.54, 1.807) is 26.0 Å². The third-order valence-corrected chi connectivity index (χ3v) is 3.58. The van der Waals surface area contributed by atoms with E-state index in [0.717, 1.165) is 13.1 Å². The summed E-state index contributed by atoms with van der Waals surface area (Å²) in [6.07, 6.45) is 0. The Labute approximate surface area is 124 Å². The zero-order chi connectivity index (χ0) is 15.6. The standard InChI is InChI=1S/C15H23FN4O/c1-15(2,21)10-19-5-7-20(8-6-19)13-4-3-11(14(17)18)9-12(13)16/h3-4,9,21H,5-8,10H2,1-2H3,(H3,17,18). The molecule has 0 amide bonds. The van der Waals surface area contributed by atoms with E-state index in [-0.39, 0.29) is 11.7 Å². The number of hydrogen-bond donors (Lipinski definition) is 3. The van der Waals surface area contributed by atoms with E-state index < -0.39 is 5.60 Å². The van der Waals surface area contributed by atoms with Crippen molar-refractivity contribution in [1.82, 2.24) is 4.90 Å². The Bertz CT molecular complexity index is 519. The van der Waals surface area contributed by atoms with Crippen LogP contribution in [0.3, 0.4) is 0 Å². The summed E-state index contributed by atoms with van der Waals surface area (Å²) < 4.78 is 14.1. The molecular weight excluding hydrogens is 271 g/mol. The van der Waals surface area contributed by atoms with Crippen LogP contribution in [0.5, 0.6) is 0 Å². The quantitative estimate of drug-likeness (QED) is 0.572. The molecule has 0 radical (unpaired) electrons. The van der Waals surface area contributed by atoms with Crippen molar-refractivity contribution >= 4 is 11.5 Å². The fourth-order valence-corrected chi connectivity index (χ4v) is 2.62. The predicted molar refractivity (Wildman–Crippen MR) is 82.4 cm³/mol. The van der Waals surface area contributed by atoms with Gasteiger partial charge in [0.1, 0.15) is 11.7 Å². The fraction of sp³-hybridized carbons (Fsp3) is 0.533. The van der Waals surface area contributed by atoms with E-state index >= 15 is 0 Å². The lowest BCUT2D eigenvalue weighted by Gasteiger charge is -2.38. The number of anilines is 1. The number of halogens is 1. The lowest BCUT2D eigenvalue weighted by molar-refractivity contribution is 0.0344. The lowest BCUT2D eigenvalue weighted by atomic mass is 10.1. The van der Waals surface area contributed by atoms with E-state index in [4.69, 9.17) is 11.1 Å². The summed E-state index contributed by atoms with van der Waals surface area (Å²) in [7, 11) is 0. The van der Waals surface area contributed by atoms with Crippen molar-refractivity contribution in [3.63, 3.8) is 0 Å². The maximum absolute atomic E-state index is 14.1. The summed E-state index contributed by atoms with van der Waals surface area (Å²) >= 11 is 0. The van der Waals surface area contributed by atoms with Gasteiger partial charge in [-0.15, -0.1) is 0 Å². The van der Waals surface area contributed by atoms with Gasteiger partial charge in [0.2, 0.25) is 0 Å². The van der Waals surface area contributed by atoms with Crippen molar-refractivity contribution in [2.24, 2.45) is 5.73 Å². The van der Waals surface area contributed by atoms with Gasteiger partial charge in [-0.05, 0) is 32.0 Å². The van der Waals surface area contributed by atoms with Gasteiger partial charge in [-0.3, -0.25) is 10.3 Å². The van der Waals surface area contributed by atoms with Gasteiger partial charge in [-0.2, -0.15) is 0 Å². The van der Waals surface area contributed by atoms with Crippen LogP contribution in [-0.4, -0.2) is 54.2 Å². The van der Waals surface area contributed by atoms with Gasteiger partial charge in [0.05, 0.1) is 11.3 Å². The molecule has 21 heavy (non-hydrogen) atoms. The van der Waals surface area contributed by atoms with E-state index in [1.807, 2.05) is 4.90 Å². The van der Waals surface area contributed by atoms with Crippen LogP contribution < -0.4 is 10.6 Å². The molecule has 2 rings (SSSR count). The number of nitrogens with zero attached hydrogens (tertiary/aromatic N) is 2. The summed E-state index contributed by atoms with van der Waals surface area (Å²) in [5.41, 5.74) is 5.59. The van der Waals surface area contributed by atoms with E-state index in [9.17, 15) is 9.50 Å². The molecular formula is C15H23FN4O. The number of hydrogen-bond acceptors (Lipinski definition) is 4. The van der Waals surface area contributed by atoms with Crippen molar-refractivity contribution in [2.75, 3.05) is 37.6 Å². The Balaban J connectivity index is 2.01. The van der Waals surface area contributed by atoms with Gasteiger partial charge in [0, 0.05) is 38.3 Å². The van der Waals surface area contributed by atoms with Crippen molar-refractivity contribution in [3.8, 4) is 0 Å². The van der Waals surface area contributed by atoms with Crippen LogP contribution in [0.25, 0.3) is 0 Å². The summed E-state index contributed by atoms with van der Waals surface area (Å²) in [6.45, 7) is 7.21. The number of amidine groups is 1. The molecule has 0 aromatic heterocycles. The Morgan fingerprint density at radius 1 is 1.33 bits per heavy atom. The number of β-amino-alcohol motifs (C(OH)–C–C–N with tert-alkyl or cyclic N) is 1. The van der Waals surface area contributed by atoms with Crippen LogP contribution in [0, 0.1) is 11.2 Å². The number of nitrogens with one attached hydrogen (secondary N) is 1. The minimum Gasteiger partial charge on any atom is -0.389 e. The molecule has 6 heteroatoms. The average molecular weight is 294 g/mol. The second-order valence-corrected chi connectivity index (χ2v) is 6.16. The minimum absolute atomic E-state index is 0.129. The van der Waals surface area contributed by atoms with Gasteiger partial charge in [-0.25, -0.2) is 4.39 Å². The van der Waals surface area contributed by atoms with Crippen LogP contribution in [0.2, 0.25) is 0 Å². The molecule has 1 saturated heterocycles. The molecule has 0 spiro atoms. The molecule has 0 bridgehead atoms. The first-order valence-electron chi connectivity index (χ1n) is 7.10. The van der Waals surface area contributed by atoms with Gasteiger partial charge in [0.15, 0.2) is 0 Å². The Kier molecular flexibility index (Phi) is 4.49. The second-order valence-electron chi connectivity index (χ2n) is 6.16. The fourth-order valence-electron chi connectivity index (χ4n) is 2.62. The third kappa shape index (κ3) is 4.15. The summed E-state index contributed by atoms with van der Waals surface area (Å²) in [6, 6.07) is 4.66. The molecule has 1 aliphatic heterocycles. The maximum atomic E-state index is 14.1. The molecule has 0 aliphatic carbocycles. The Morgan fingerprint density at radius 3 is 2.43 bits per heavy atom. The number of rotatable bonds is 4. The SMILES string of the molecule is CC(C)(O)CN1CCN(c2ccc(C(=N)N)cc2F)CC1. The predicted octanol–water partition coefficient (Wildman–Crippen LogP) is 1.00. The number of nitrogens with two attached hydrogens (primary N) is 1. The highest BCUT2D eigenvalue weighted by atomic mass is 19.1. The molecule has 1 heterocycles. The molecule has 4 N–H and O–H groups in total. The van der Waals surface area contributed by atoms with Crippen LogP contribution >= 0.6 is 0 Å². The second kappa shape index (κ2) is 5.99. The molecule has 1 aromatic rings. The number of aliphatic hydroxyl groups is 1. The highest BCUT2D eigenvalue weighted by molar-refractivity contribution is 5.95. The molecule has 1 aromatic carbocycles. The Hall–Kier alpha value is -1.66. The van der Waals surface area contributed by atoms with Crippen LogP contribution in [0.4, 0.5) is 10.1 Å². The zero-order valence-electron chi connectivity index (χ0n) is 12.6. The lowest BCUT2D eigenvalue weighted by Crippen LogP contribution is -2.50. The normalized spacial score (nSPS) is 17.0. The first-order valence-corrected chi connectivity index (χ1v) is 7.10. The highest BCUT2D eigenvalue weighted by Gasteiger charge is 2.24. The first kappa shape index (κ1) is 15.7. The molecule has 0 atom stereocenters. The average Bonchev–Trinajstić information content (AvgIpc) is 2.38. The first-order chi connectivity index (χ1) is 9.76. The van der Waals surface area contributed by atoms with Gasteiger partial charge >= 0.3 is 0 Å². The molecule has 5 nitrogen and oxygen atoms in total. The van der Waals surface area contributed by atoms with Crippen molar-refractivity contribution in [2.45, 2.75) is 19.4 Å². The minimum atomic E-state index is -0.712. The molecule has 0 saturated carbocycles. The summed E-state index contributed by atoms with van der Waals surface area (Å²) in [4.78, 5) is 4.17. The van der Waals surface area contributed by atoms with Gasteiger partial charge < -0.3 is 15.7 Å². The van der Waals surface area contributed by atoms with Crippen molar-refractivity contribution in [1.29, 1.82) is 5.41 Å². The third-order valence-electron chi connectivity index (χ3n) is 3.58. The van der Waals surface area contributed by atoms with Crippen molar-refractivity contribution in [3.05, 3.63) is 29.6 Å². The van der Waals surface area contributed by atoms with E-state index in [0.29, 0.717) is 30.9 Å². The molecule has 116 valence electrons. The van der Waals surface area contributed by atoms with Crippen molar-refractivity contribution < 1.29 is 9.50 Å². The van der Waals surface area contributed by atoms with E-state index in [2.05, 4.69) is 4.90 Å². The topological polar surface area (TPSA) is 76.6 Å². The van der Waals surface area contributed by atoms with Crippen LogP contribution in [0.15, 0.2) is 18.2 Å².